The van der Waals surface area contributed by atoms with Gasteiger partial charge in [0.1, 0.15) is 6.54 Å². The molecule has 3 aromatic rings. The van der Waals surface area contributed by atoms with Crippen molar-refractivity contribution in [2.45, 2.75) is 45.7 Å². The molecule has 1 heterocycles. The molecule has 2 N–H and O–H groups in total. The standard InChI is InChI=1S/C24H27ClN4O4/c1-2-13-26-21(30)12-5-6-14-28-23(32)19-10-3-4-11-20(19)29(24(28)33)16-22(31)27-18-9-7-8-17(25)15-18/h3-4,7-11,15H,2,5-6,12-14,16H2,1H3,(H,26,30)(H,27,31). The first-order valence-electron chi connectivity index (χ1n) is 10.9. The molecule has 174 valence electrons. The Balaban J connectivity index is 1.81. The van der Waals surface area contributed by atoms with Gasteiger partial charge in [0.15, 0.2) is 0 Å². The van der Waals surface area contributed by atoms with Gasteiger partial charge in [-0.15, -0.1) is 0 Å². The highest BCUT2D eigenvalue weighted by atomic mass is 35.5. The molecule has 9 heteroatoms. The molecule has 0 atom stereocenters. The number of hydrogen-bond acceptors (Lipinski definition) is 4. The second-order valence-electron chi connectivity index (χ2n) is 7.71. The van der Waals surface area contributed by atoms with E-state index in [4.69, 9.17) is 11.6 Å². The zero-order valence-corrected chi connectivity index (χ0v) is 19.2. The number of unbranched alkanes of at least 4 members (excludes halogenated alkanes) is 1. The topological polar surface area (TPSA) is 102 Å². The largest absolute Gasteiger partial charge is 0.356 e. The number of rotatable bonds is 10. The van der Waals surface area contributed by atoms with Crippen LogP contribution in [0.15, 0.2) is 58.1 Å². The summed E-state index contributed by atoms with van der Waals surface area (Å²) in [5, 5.41) is 6.36. The van der Waals surface area contributed by atoms with E-state index in [1.807, 2.05) is 6.92 Å². The van der Waals surface area contributed by atoms with E-state index < -0.39 is 17.2 Å². The van der Waals surface area contributed by atoms with E-state index in [-0.39, 0.29) is 19.0 Å². The molecule has 8 nitrogen and oxygen atoms in total. The minimum Gasteiger partial charge on any atom is -0.356 e. The summed E-state index contributed by atoms with van der Waals surface area (Å²) in [5.41, 5.74) is -0.0589. The number of aromatic nitrogens is 2. The molecular weight excluding hydrogens is 444 g/mol. The van der Waals surface area contributed by atoms with Gasteiger partial charge in [-0.05, 0) is 49.6 Å². The summed E-state index contributed by atoms with van der Waals surface area (Å²) < 4.78 is 2.43. The third kappa shape index (κ3) is 6.32. The number of carbonyl (C=O) groups is 2. The fourth-order valence-electron chi connectivity index (χ4n) is 3.54. The highest BCUT2D eigenvalue weighted by molar-refractivity contribution is 6.30. The van der Waals surface area contributed by atoms with Crippen LogP contribution in [0.2, 0.25) is 5.02 Å². The first-order valence-corrected chi connectivity index (χ1v) is 11.3. The van der Waals surface area contributed by atoms with Gasteiger partial charge in [0.05, 0.1) is 10.9 Å². The average molecular weight is 471 g/mol. The van der Waals surface area contributed by atoms with Gasteiger partial charge < -0.3 is 10.6 Å². The Morgan fingerprint density at radius 2 is 1.76 bits per heavy atom. The van der Waals surface area contributed by atoms with Gasteiger partial charge in [0.2, 0.25) is 11.8 Å². The van der Waals surface area contributed by atoms with Crippen molar-refractivity contribution in [1.82, 2.24) is 14.5 Å². The normalized spacial score (nSPS) is 10.8. The summed E-state index contributed by atoms with van der Waals surface area (Å²) in [5.74, 6) is -0.458. The first kappa shape index (κ1) is 24.3. The van der Waals surface area contributed by atoms with Crippen LogP contribution in [0.4, 0.5) is 5.69 Å². The summed E-state index contributed by atoms with van der Waals surface area (Å²) in [6.45, 7) is 2.52. The molecule has 0 aliphatic heterocycles. The minimum absolute atomic E-state index is 0.0437. The predicted octanol–water partition coefficient (Wildman–Crippen LogP) is 3.15. The zero-order valence-electron chi connectivity index (χ0n) is 18.5. The van der Waals surface area contributed by atoms with Crippen LogP contribution in [0, 0.1) is 0 Å². The fourth-order valence-corrected chi connectivity index (χ4v) is 3.73. The molecule has 0 saturated heterocycles. The van der Waals surface area contributed by atoms with Crippen molar-refractivity contribution < 1.29 is 9.59 Å². The van der Waals surface area contributed by atoms with Gasteiger partial charge in [0, 0.05) is 30.2 Å². The summed E-state index contributed by atoms with van der Waals surface area (Å²) in [7, 11) is 0. The van der Waals surface area contributed by atoms with E-state index in [1.54, 1.807) is 48.5 Å². The minimum atomic E-state index is -0.560. The third-order valence-corrected chi connectivity index (χ3v) is 5.39. The van der Waals surface area contributed by atoms with Gasteiger partial charge in [-0.2, -0.15) is 0 Å². The van der Waals surface area contributed by atoms with E-state index in [0.29, 0.717) is 47.4 Å². The maximum Gasteiger partial charge on any atom is 0.331 e. The lowest BCUT2D eigenvalue weighted by molar-refractivity contribution is -0.121. The molecule has 0 aliphatic rings. The number of para-hydroxylation sites is 1. The Hall–Kier alpha value is -3.39. The quantitative estimate of drug-likeness (QED) is 0.444. The van der Waals surface area contributed by atoms with Gasteiger partial charge in [-0.25, -0.2) is 4.79 Å². The first-order chi connectivity index (χ1) is 15.9. The Morgan fingerprint density at radius 3 is 2.52 bits per heavy atom. The SMILES string of the molecule is CCCNC(=O)CCCCn1c(=O)c2ccccc2n(CC(=O)Nc2cccc(Cl)c2)c1=O. The van der Waals surface area contributed by atoms with Crippen molar-refractivity contribution in [3.63, 3.8) is 0 Å². The van der Waals surface area contributed by atoms with Crippen molar-refractivity contribution in [3.8, 4) is 0 Å². The van der Waals surface area contributed by atoms with Crippen LogP contribution in [0.1, 0.15) is 32.6 Å². The summed E-state index contributed by atoms with van der Waals surface area (Å²) in [4.78, 5) is 50.5. The van der Waals surface area contributed by atoms with Crippen molar-refractivity contribution in [2.24, 2.45) is 0 Å². The molecular formula is C24H27ClN4O4. The molecule has 0 aliphatic carbocycles. The molecule has 2 amide bonds. The van der Waals surface area contributed by atoms with Crippen LogP contribution < -0.4 is 21.9 Å². The molecule has 0 bridgehead atoms. The van der Waals surface area contributed by atoms with E-state index >= 15 is 0 Å². The number of halogens is 1. The zero-order chi connectivity index (χ0) is 23.8. The van der Waals surface area contributed by atoms with Crippen LogP contribution in [0.5, 0.6) is 0 Å². The van der Waals surface area contributed by atoms with E-state index in [0.717, 1.165) is 11.0 Å². The maximum atomic E-state index is 13.2. The van der Waals surface area contributed by atoms with E-state index in [2.05, 4.69) is 10.6 Å². The lowest BCUT2D eigenvalue weighted by Gasteiger charge is -2.14. The van der Waals surface area contributed by atoms with Gasteiger partial charge in [-0.3, -0.25) is 23.5 Å². The molecule has 0 saturated carbocycles. The number of fused-ring (bicyclic) bond motifs is 1. The number of carbonyl (C=O) groups excluding carboxylic acids is 2. The highest BCUT2D eigenvalue weighted by Crippen LogP contribution is 2.15. The van der Waals surface area contributed by atoms with Crippen LogP contribution in [0.25, 0.3) is 10.9 Å². The molecule has 2 aromatic carbocycles. The number of hydrogen-bond donors (Lipinski definition) is 2. The smallest absolute Gasteiger partial charge is 0.331 e. The number of anilines is 1. The van der Waals surface area contributed by atoms with Crippen LogP contribution in [0.3, 0.4) is 0 Å². The number of amides is 2. The van der Waals surface area contributed by atoms with Crippen molar-refractivity contribution in [2.75, 3.05) is 11.9 Å². The second-order valence-corrected chi connectivity index (χ2v) is 8.14. The van der Waals surface area contributed by atoms with Gasteiger partial charge in [-0.1, -0.05) is 36.7 Å². The fraction of sp³-hybridized carbons (Fsp3) is 0.333. The van der Waals surface area contributed by atoms with Crippen molar-refractivity contribution in [1.29, 1.82) is 0 Å². The van der Waals surface area contributed by atoms with Crippen LogP contribution in [-0.2, 0) is 22.7 Å². The van der Waals surface area contributed by atoms with Crippen LogP contribution >= 0.6 is 11.6 Å². The second kappa shape index (κ2) is 11.5. The Kier molecular flexibility index (Phi) is 8.43. The van der Waals surface area contributed by atoms with Crippen LogP contribution in [-0.4, -0.2) is 27.5 Å². The Labute approximate surface area is 196 Å². The molecule has 33 heavy (non-hydrogen) atoms. The molecule has 1 aromatic heterocycles. The van der Waals surface area contributed by atoms with E-state index in [1.165, 1.54) is 4.57 Å². The number of nitrogens with one attached hydrogen (secondary N) is 2. The lowest BCUT2D eigenvalue weighted by atomic mass is 10.2. The Bertz CT molecular complexity index is 1270. The summed E-state index contributed by atoms with van der Waals surface area (Å²) in [6, 6.07) is 13.4. The molecule has 0 fully saturated rings. The van der Waals surface area contributed by atoms with Gasteiger partial charge >= 0.3 is 5.69 Å². The average Bonchev–Trinajstić information content (AvgIpc) is 2.80. The molecule has 0 spiro atoms. The maximum absolute atomic E-state index is 13.2. The monoisotopic (exact) mass is 470 g/mol. The number of benzene rings is 2. The highest BCUT2D eigenvalue weighted by Gasteiger charge is 2.15. The van der Waals surface area contributed by atoms with Crippen molar-refractivity contribution in [3.05, 3.63) is 74.4 Å². The van der Waals surface area contributed by atoms with Gasteiger partial charge in [0.25, 0.3) is 5.56 Å². The third-order valence-electron chi connectivity index (χ3n) is 5.15. The lowest BCUT2D eigenvalue weighted by Crippen LogP contribution is -2.41. The Morgan fingerprint density at radius 1 is 0.970 bits per heavy atom. The predicted molar refractivity (Wildman–Crippen MR) is 130 cm³/mol. The number of nitrogens with zero attached hydrogens (tertiary/aromatic N) is 2. The molecule has 0 radical (unpaired) electrons. The molecule has 3 rings (SSSR count). The summed E-state index contributed by atoms with van der Waals surface area (Å²) in [6.07, 6.45) is 2.23. The molecule has 0 unspecified atom stereocenters. The van der Waals surface area contributed by atoms with Crippen molar-refractivity contribution >= 4 is 40.0 Å². The van der Waals surface area contributed by atoms with E-state index in [9.17, 15) is 19.2 Å². The summed E-state index contributed by atoms with van der Waals surface area (Å²) >= 11 is 5.97.